The van der Waals surface area contributed by atoms with Gasteiger partial charge in [0, 0.05) is 22.7 Å². The average Bonchev–Trinajstić information content (AvgIpc) is 3.61. The lowest BCUT2D eigenvalue weighted by atomic mass is 9.99. The van der Waals surface area contributed by atoms with Crippen molar-refractivity contribution in [2.24, 2.45) is 0 Å². The van der Waals surface area contributed by atoms with Crippen LogP contribution in [0.4, 0.5) is 5.69 Å². The largest absolute Gasteiger partial charge is 0.497 e. The van der Waals surface area contributed by atoms with E-state index in [1.165, 1.54) is 11.3 Å². The molecular formula is C30H29N3O5S. The predicted octanol–water partition coefficient (Wildman–Crippen LogP) is 5.54. The Balaban J connectivity index is 1.39. The molecule has 0 saturated carbocycles. The van der Waals surface area contributed by atoms with Crippen LogP contribution in [0, 0.1) is 0 Å². The summed E-state index contributed by atoms with van der Waals surface area (Å²) in [4.78, 5) is 33.7. The van der Waals surface area contributed by atoms with Crippen molar-refractivity contribution in [2.75, 3.05) is 19.2 Å². The van der Waals surface area contributed by atoms with E-state index < -0.39 is 5.54 Å². The summed E-state index contributed by atoms with van der Waals surface area (Å²) < 4.78 is 16.1. The first-order valence-corrected chi connectivity index (χ1v) is 13.4. The van der Waals surface area contributed by atoms with E-state index in [-0.39, 0.29) is 31.6 Å². The van der Waals surface area contributed by atoms with Crippen molar-refractivity contribution < 1.29 is 23.8 Å². The number of rotatable bonds is 9. The molecule has 0 aliphatic carbocycles. The third-order valence-electron chi connectivity index (χ3n) is 6.59. The van der Waals surface area contributed by atoms with Crippen LogP contribution in [0.2, 0.25) is 0 Å². The third kappa shape index (κ3) is 5.88. The number of thiazole rings is 1. The number of hydrogen-bond acceptors (Lipinski definition) is 7. The predicted molar refractivity (Wildman–Crippen MR) is 150 cm³/mol. The van der Waals surface area contributed by atoms with Gasteiger partial charge in [0.25, 0.3) is 0 Å². The summed E-state index contributed by atoms with van der Waals surface area (Å²) >= 11 is 1.45. The van der Waals surface area contributed by atoms with Crippen molar-refractivity contribution in [3.63, 3.8) is 0 Å². The fraction of sp³-hybridized carbons (Fsp3) is 0.233. The van der Waals surface area contributed by atoms with Gasteiger partial charge >= 0.3 is 0 Å². The number of aromatic nitrogens is 1. The second-order valence-electron chi connectivity index (χ2n) is 9.58. The van der Waals surface area contributed by atoms with Crippen LogP contribution in [0.15, 0.2) is 78.2 Å². The van der Waals surface area contributed by atoms with Crippen molar-refractivity contribution in [1.82, 2.24) is 9.88 Å². The Kier molecular flexibility index (Phi) is 7.51. The molecule has 8 nitrogen and oxygen atoms in total. The Morgan fingerprint density at radius 1 is 1.03 bits per heavy atom. The molecule has 0 saturated heterocycles. The molecule has 0 fully saturated rings. The summed E-state index contributed by atoms with van der Waals surface area (Å²) in [6, 6.07) is 22.4. The number of hydrogen-bond donors (Lipinski definition) is 1. The lowest BCUT2D eigenvalue weighted by molar-refractivity contribution is -0.144. The van der Waals surface area contributed by atoms with E-state index >= 15 is 0 Å². The van der Waals surface area contributed by atoms with Gasteiger partial charge in [-0.2, -0.15) is 0 Å². The minimum Gasteiger partial charge on any atom is -0.497 e. The standard InChI is InChI=1S/C30H29N3O5S/c1-30(2,29(35)31-22-11-14-25-26(16-22)38-19-37-25)33(28(34)15-20-7-5-4-6-8-20)17-27-32-24(18-39-27)21-9-12-23(36-3)13-10-21/h4-14,16,18H,15,17,19H2,1-3H3,(H,31,35). The summed E-state index contributed by atoms with van der Waals surface area (Å²) in [7, 11) is 1.63. The number of carbonyl (C=O) groups is 2. The maximum atomic E-state index is 13.7. The van der Waals surface area contributed by atoms with E-state index in [0.717, 1.165) is 27.6 Å². The summed E-state index contributed by atoms with van der Waals surface area (Å²) in [6.45, 7) is 3.83. The van der Waals surface area contributed by atoms with Gasteiger partial charge in [-0.1, -0.05) is 30.3 Å². The topological polar surface area (TPSA) is 90.0 Å². The van der Waals surface area contributed by atoms with Gasteiger partial charge < -0.3 is 24.4 Å². The fourth-order valence-corrected chi connectivity index (χ4v) is 5.05. The van der Waals surface area contributed by atoms with Crippen molar-refractivity contribution in [3.8, 4) is 28.5 Å². The molecule has 3 aromatic carbocycles. The van der Waals surface area contributed by atoms with E-state index in [2.05, 4.69) is 5.32 Å². The van der Waals surface area contributed by atoms with Gasteiger partial charge in [-0.05, 0) is 55.8 Å². The van der Waals surface area contributed by atoms with Crippen LogP contribution < -0.4 is 19.5 Å². The number of ether oxygens (including phenoxy) is 3. The molecule has 0 unspecified atom stereocenters. The number of benzene rings is 3. The molecular weight excluding hydrogens is 514 g/mol. The number of nitrogens with one attached hydrogen (secondary N) is 1. The molecule has 1 aliphatic heterocycles. The molecule has 1 N–H and O–H groups in total. The molecule has 1 aliphatic rings. The number of methoxy groups -OCH3 is 1. The molecule has 39 heavy (non-hydrogen) atoms. The van der Waals surface area contributed by atoms with Gasteiger partial charge in [-0.3, -0.25) is 9.59 Å². The third-order valence-corrected chi connectivity index (χ3v) is 7.42. The maximum absolute atomic E-state index is 13.7. The van der Waals surface area contributed by atoms with Crippen LogP contribution in [0.1, 0.15) is 24.4 Å². The van der Waals surface area contributed by atoms with Crippen molar-refractivity contribution in [2.45, 2.75) is 32.4 Å². The molecule has 0 atom stereocenters. The van der Waals surface area contributed by atoms with Crippen LogP contribution in [0.25, 0.3) is 11.3 Å². The normalized spacial score (nSPS) is 12.2. The molecule has 9 heteroatoms. The summed E-state index contributed by atoms with van der Waals surface area (Å²) in [5, 5.41) is 5.62. The van der Waals surface area contributed by atoms with Crippen LogP contribution in [0.5, 0.6) is 17.2 Å². The smallest absolute Gasteiger partial charge is 0.249 e. The zero-order valence-corrected chi connectivity index (χ0v) is 22.8. The highest BCUT2D eigenvalue weighted by Crippen LogP contribution is 2.35. The minimum absolute atomic E-state index is 0.145. The average molecular weight is 544 g/mol. The molecule has 0 radical (unpaired) electrons. The summed E-state index contributed by atoms with van der Waals surface area (Å²) in [5.41, 5.74) is 1.99. The molecule has 4 aromatic rings. The lowest BCUT2D eigenvalue weighted by Gasteiger charge is -2.37. The Hall–Kier alpha value is -4.37. The number of carbonyl (C=O) groups excluding carboxylic acids is 2. The van der Waals surface area contributed by atoms with E-state index in [0.29, 0.717) is 17.2 Å². The van der Waals surface area contributed by atoms with E-state index in [9.17, 15) is 9.59 Å². The maximum Gasteiger partial charge on any atom is 0.249 e. The van der Waals surface area contributed by atoms with E-state index in [4.69, 9.17) is 19.2 Å². The quantitative estimate of drug-likeness (QED) is 0.298. The van der Waals surface area contributed by atoms with Crippen LogP contribution in [-0.2, 0) is 22.6 Å². The summed E-state index contributed by atoms with van der Waals surface area (Å²) in [6.07, 6.45) is 0.165. The van der Waals surface area contributed by atoms with Crippen LogP contribution in [0.3, 0.4) is 0 Å². The molecule has 2 amide bonds. The zero-order chi connectivity index (χ0) is 27.4. The first-order valence-electron chi connectivity index (χ1n) is 12.5. The molecule has 0 bridgehead atoms. The highest BCUT2D eigenvalue weighted by Gasteiger charge is 2.38. The lowest BCUT2D eigenvalue weighted by Crippen LogP contribution is -2.55. The fourth-order valence-electron chi connectivity index (χ4n) is 4.26. The second kappa shape index (κ2) is 11.2. The highest BCUT2D eigenvalue weighted by atomic mass is 32.1. The van der Waals surface area contributed by atoms with Gasteiger partial charge in [-0.15, -0.1) is 11.3 Å². The Labute approximate surface area is 231 Å². The van der Waals surface area contributed by atoms with Crippen molar-refractivity contribution >= 4 is 28.8 Å². The van der Waals surface area contributed by atoms with Gasteiger partial charge in [0.2, 0.25) is 18.6 Å². The number of fused-ring (bicyclic) bond motifs is 1. The van der Waals surface area contributed by atoms with Gasteiger partial charge in [0.15, 0.2) is 11.5 Å². The van der Waals surface area contributed by atoms with E-state index in [1.807, 2.05) is 60.0 Å². The molecule has 2 heterocycles. The SMILES string of the molecule is COc1ccc(-c2csc(CN(C(=O)Cc3ccccc3)C(C)(C)C(=O)Nc3ccc4c(c3)OCO4)n2)cc1. The van der Waals surface area contributed by atoms with Crippen LogP contribution >= 0.6 is 11.3 Å². The summed E-state index contributed by atoms with van der Waals surface area (Å²) in [5.74, 6) is 1.46. The number of nitrogens with zero attached hydrogens (tertiary/aromatic N) is 2. The zero-order valence-electron chi connectivity index (χ0n) is 22.0. The van der Waals surface area contributed by atoms with Crippen molar-refractivity contribution in [1.29, 1.82) is 0 Å². The van der Waals surface area contributed by atoms with Crippen LogP contribution in [-0.4, -0.2) is 41.1 Å². The van der Waals surface area contributed by atoms with Gasteiger partial charge in [0.05, 0.1) is 25.8 Å². The Morgan fingerprint density at radius 3 is 2.51 bits per heavy atom. The molecule has 5 rings (SSSR count). The molecule has 0 spiro atoms. The first-order chi connectivity index (χ1) is 18.8. The van der Waals surface area contributed by atoms with Gasteiger partial charge in [0.1, 0.15) is 16.3 Å². The van der Waals surface area contributed by atoms with Crippen molar-refractivity contribution in [3.05, 3.63) is 88.7 Å². The van der Waals surface area contributed by atoms with Gasteiger partial charge in [-0.25, -0.2) is 4.98 Å². The second-order valence-corrected chi connectivity index (χ2v) is 10.5. The first kappa shape index (κ1) is 26.2. The number of anilines is 1. The Morgan fingerprint density at radius 2 is 1.77 bits per heavy atom. The monoisotopic (exact) mass is 543 g/mol. The van der Waals surface area contributed by atoms with E-state index in [1.54, 1.807) is 44.1 Å². The number of amides is 2. The highest BCUT2D eigenvalue weighted by molar-refractivity contribution is 7.09. The molecule has 200 valence electrons. The minimum atomic E-state index is -1.19. The Bertz CT molecular complexity index is 1470. The molecule has 1 aromatic heterocycles.